The predicted molar refractivity (Wildman–Crippen MR) is 116 cm³/mol. The summed E-state index contributed by atoms with van der Waals surface area (Å²) < 4.78 is 35.1. The second kappa shape index (κ2) is 9.31. The largest absolute Gasteiger partial charge is 0.465 e. The zero-order valence-electron chi connectivity index (χ0n) is 16.8. The Labute approximate surface area is 179 Å². The van der Waals surface area contributed by atoms with E-state index in [9.17, 15) is 18.0 Å². The molecule has 2 amide bonds. The zero-order valence-corrected chi connectivity index (χ0v) is 17.6. The number of esters is 1. The van der Waals surface area contributed by atoms with Crippen LogP contribution >= 0.6 is 0 Å². The summed E-state index contributed by atoms with van der Waals surface area (Å²) >= 11 is 0. The third kappa shape index (κ3) is 5.61. The first kappa shape index (κ1) is 21.8. The summed E-state index contributed by atoms with van der Waals surface area (Å²) in [7, 11) is -3.05. The number of hydrogen-bond donors (Lipinski definition) is 2. The van der Waals surface area contributed by atoms with Gasteiger partial charge in [-0.2, -0.15) is 8.42 Å². The number of hydrogen-bond acceptors (Lipinski definition) is 6. The molecule has 0 aliphatic carbocycles. The first-order valence-electron chi connectivity index (χ1n) is 9.15. The standard InChI is InChI=1S/C22H20N2O6S/c1-15-8-10-16(11-9-15)23-22(26)24-17-12-13-19(21(25)29-2)20(14-17)30-31(27,28)18-6-4-3-5-7-18/h3-14H,1-2H3,(H2,23,24,26). The van der Waals surface area contributed by atoms with Crippen molar-refractivity contribution in [3.8, 4) is 5.75 Å². The number of benzene rings is 3. The average molecular weight is 440 g/mol. The number of urea groups is 1. The minimum Gasteiger partial charge on any atom is -0.465 e. The molecule has 160 valence electrons. The van der Waals surface area contributed by atoms with Crippen molar-refractivity contribution in [3.63, 3.8) is 0 Å². The molecule has 0 aliphatic rings. The summed E-state index contributed by atoms with van der Waals surface area (Å²) in [5.74, 6) is -1.06. The number of rotatable bonds is 6. The van der Waals surface area contributed by atoms with Gasteiger partial charge in [-0.15, -0.1) is 0 Å². The normalized spacial score (nSPS) is 10.8. The van der Waals surface area contributed by atoms with Crippen molar-refractivity contribution in [2.75, 3.05) is 17.7 Å². The van der Waals surface area contributed by atoms with Crippen LogP contribution in [0.15, 0.2) is 77.7 Å². The molecule has 0 spiro atoms. The molecular formula is C22H20N2O6S. The van der Waals surface area contributed by atoms with Gasteiger partial charge in [0, 0.05) is 17.4 Å². The van der Waals surface area contributed by atoms with Crippen molar-refractivity contribution in [2.24, 2.45) is 0 Å². The molecule has 31 heavy (non-hydrogen) atoms. The van der Waals surface area contributed by atoms with Crippen molar-refractivity contribution in [3.05, 3.63) is 83.9 Å². The van der Waals surface area contributed by atoms with Crippen molar-refractivity contribution in [1.82, 2.24) is 0 Å². The van der Waals surface area contributed by atoms with Gasteiger partial charge >= 0.3 is 22.1 Å². The first-order valence-corrected chi connectivity index (χ1v) is 10.6. The molecule has 0 heterocycles. The van der Waals surface area contributed by atoms with Crippen LogP contribution in [0, 0.1) is 6.92 Å². The summed E-state index contributed by atoms with van der Waals surface area (Å²) in [4.78, 5) is 24.3. The minimum atomic E-state index is -4.21. The van der Waals surface area contributed by atoms with E-state index < -0.39 is 22.1 Å². The lowest BCUT2D eigenvalue weighted by Crippen LogP contribution is -2.20. The lowest BCUT2D eigenvalue weighted by Gasteiger charge is -2.13. The van der Waals surface area contributed by atoms with Crippen LogP contribution in [0.4, 0.5) is 16.2 Å². The van der Waals surface area contributed by atoms with E-state index in [-0.39, 0.29) is 21.9 Å². The van der Waals surface area contributed by atoms with Crippen LogP contribution in [-0.4, -0.2) is 27.5 Å². The topological polar surface area (TPSA) is 111 Å². The molecule has 8 nitrogen and oxygen atoms in total. The van der Waals surface area contributed by atoms with Crippen molar-refractivity contribution < 1.29 is 26.9 Å². The number of carbonyl (C=O) groups excluding carboxylic acids is 2. The van der Waals surface area contributed by atoms with Gasteiger partial charge in [0.1, 0.15) is 10.5 Å². The van der Waals surface area contributed by atoms with Gasteiger partial charge < -0.3 is 19.6 Å². The Hall–Kier alpha value is -3.85. The quantitative estimate of drug-likeness (QED) is 0.439. The van der Waals surface area contributed by atoms with Crippen LogP contribution in [0.3, 0.4) is 0 Å². The summed E-state index contributed by atoms with van der Waals surface area (Å²) in [6, 6.07) is 18.1. The van der Waals surface area contributed by atoms with Gasteiger partial charge in [0.25, 0.3) is 0 Å². The van der Waals surface area contributed by atoms with Crippen LogP contribution in [0.5, 0.6) is 5.75 Å². The third-order valence-electron chi connectivity index (χ3n) is 4.19. The number of methoxy groups -OCH3 is 1. The molecule has 3 aromatic carbocycles. The maximum absolute atomic E-state index is 12.6. The van der Waals surface area contributed by atoms with E-state index in [2.05, 4.69) is 10.6 Å². The molecule has 3 rings (SSSR count). The van der Waals surface area contributed by atoms with Crippen molar-refractivity contribution >= 4 is 33.5 Å². The highest BCUT2D eigenvalue weighted by molar-refractivity contribution is 7.87. The number of carbonyl (C=O) groups is 2. The van der Waals surface area contributed by atoms with Crippen LogP contribution in [0.2, 0.25) is 0 Å². The van der Waals surface area contributed by atoms with Crippen LogP contribution in [0.25, 0.3) is 0 Å². The number of aryl methyl sites for hydroxylation is 1. The van der Waals surface area contributed by atoms with Crippen LogP contribution in [-0.2, 0) is 14.9 Å². The molecule has 9 heteroatoms. The van der Waals surface area contributed by atoms with Crippen LogP contribution in [0.1, 0.15) is 15.9 Å². The van der Waals surface area contributed by atoms with E-state index in [1.54, 1.807) is 30.3 Å². The number of amides is 2. The molecule has 2 N–H and O–H groups in total. The Kier molecular flexibility index (Phi) is 6.56. The van der Waals surface area contributed by atoms with Gasteiger partial charge in [-0.1, -0.05) is 35.9 Å². The van der Waals surface area contributed by atoms with Crippen LogP contribution < -0.4 is 14.8 Å². The number of ether oxygens (including phenoxy) is 1. The van der Waals surface area contributed by atoms with E-state index in [0.29, 0.717) is 5.69 Å². The van der Waals surface area contributed by atoms with E-state index in [0.717, 1.165) is 5.56 Å². The molecule has 3 aromatic rings. The Bertz CT molecular complexity index is 1190. The van der Waals surface area contributed by atoms with Gasteiger partial charge in [0.2, 0.25) is 0 Å². The molecule has 0 radical (unpaired) electrons. The second-order valence-electron chi connectivity index (χ2n) is 6.50. The Morgan fingerprint density at radius 1 is 0.839 bits per heavy atom. The Morgan fingerprint density at radius 3 is 2.10 bits per heavy atom. The fourth-order valence-corrected chi connectivity index (χ4v) is 3.59. The predicted octanol–water partition coefficient (Wildman–Crippen LogP) is 4.19. The van der Waals surface area contributed by atoms with Gasteiger partial charge in [0.15, 0.2) is 5.75 Å². The SMILES string of the molecule is COC(=O)c1ccc(NC(=O)Nc2ccc(C)cc2)cc1OS(=O)(=O)c1ccccc1. The number of nitrogens with one attached hydrogen (secondary N) is 2. The van der Waals surface area contributed by atoms with Crippen molar-refractivity contribution in [2.45, 2.75) is 11.8 Å². The maximum atomic E-state index is 12.6. The monoisotopic (exact) mass is 440 g/mol. The minimum absolute atomic E-state index is 0.0821. The lowest BCUT2D eigenvalue weighted by molar-refractivity contribution is 0.0599. The molecule has 0 fully saturated rings. The van der Waals surface area contributed by atoms with E-state index in [1.165, 1.54) is 37.4 Å². The van der Waals surface area contributed by atoms with Gasteiger partial charge in [-0.05, 0) is 43.3 Å². The smallest absolute Gasteiger partial charge is 0.341 e. The Balaban J connectivity index is 1.85. The highest BCUT2D eigenvalue weighted by Crippen LogP contribution is 2.28. The van der Waals surface area contributed by atoms with Crippen molar-refractivity contribution in [1.29, 1.82) is 0 Å². The molecule has 0 saturated heterocycles. The number of anilines is 2. The van der Waals surface area contributed by atoms with Gasteiger partial charge in [0.05, 0.1) is 7.11 Å². The highest BCUT2D eigenvalue weighted by Gasteiger charge is 2.22. The zero-order chi connectivity index (χ0) is 22.4. The molecule has 0 saturated carbocycles. The first-order chi connectivity index (χ1) is 14.8. The molecule has 0 atom stereocenters. The summed E-state index contributed by atoms with van der Waals surface area (Å²) in [5, 5.41) is 5.24. The molecule has 0 aromatic heterocycles. The summed E-state index contributed by atoms with van der Waals surface area (Å²) in [6.45, 7) is 1.93. The fourth-order valence-electron chi connectivity index (χ4n) is 2.63. The van der Waals surface area contributed by atoms with Gasteiger partial charge in [-0.3, -0.25) is 0 Å². The van der Waals surface area contributed by atoms with E-state index in [1.807, 2.05) is 19.1 Å². The average Bonchev–Trinajstić information content (AvgIpc) is 2.75. The third-order valence-corrected chi connectivity index (χ3v) is 5.43. The summed E-state index contributed by atoms with van der Waals surface area (Å²) in [6.07, 6.45) is 0. The fraction of sp³-hybridized carbons (Fsp3) is 0.0909. The molecule has 0 aliphatic heterocycles. The maximum Gasteiger partial charge on any atom is 0.341 e. The van der Waals surface area contributed by atoms with E-state index >= 15 is 0 Å². The summed E-state index contributed by atoms with van der Waals surface area (Å²) in [5.41, 5.74) is 1.74. The van der Waals surface area contributed by atoms with E-state index in [4.69, 9.17) is 8.92 Å². The lowest BCUT2D eigenvalue weighted by atomic mass is 10.2. The Morgan fingerprint density at radius 2 is 1.45 bits per heavy atom. The van der Waals surface area contributed by atoms with Gasteiger partial charge in [-0.25, -0.2) is 9.59 Å². The molecule has 0 bridgehead atoms. The molecule has 0 unspecified atom stereocenters. The molecular weight excluding hydrogens is 420 g/mol. The second-order valence-corrected chi connectivity index (χ2v) is 8.04. The highest BCUT2D eigenvalue weighted by atomic mass is 32.2.